The summed E-state index contributed by atoms with van der Waals surface area (Å²) in [5, 5.41) is 0. The van der Waals surface area contributed by atoms with E-state index in [-0.39, 0.29) is 23.8 Å². The minimum Gasteiger partial charge on any atom is -0.455 e. The third-order valence-corrected chi connectivity index (χ3v) is 6.56. The third kappa shape index (κ3) is 4.92. The summed E-state index contributed by atoms with van der Waals surface area (Å²) >= 11 is 0. The molecule has 158 valence electrons. The van der Waals surface area contributed by atoms with Crippen LogP contribution in [0.2, 0.25) is 0 Å². The van der Waals surface area contributed by atoms with Crippen molar-refractivity contribution in [2.75, 3.05) is 0 Å². The maximum absolute atomic E-state index is 12.9. The molecule has 0 aliphatic heterocycles. The molecule has 0 spiro atoms. The van der Waals surface area contributed by atoms with Gasteiger partial charge in [0.1, 0.15) is 12.2 Å². The Labute approximate surface area is 178 Å². The van der Waals surface area contributed by atoms with E-state index in [1.54, 1.807) is 24.3 Å². The van der Waals surface area contributed by atoms with Crippen LogP contribution in [-0.4, -0.2) is 24.1 Å². The molecule has 0 radical (unpaired) electrons. The van der Waals surface area contributed by atoms with E-state index in [0.29, 0.717) is 11.1 Å². The normalized spacial score (nSPS) is 26.5. The molecule has 4 heteroatoms. The number of hydrogen-bond donors (Lipinski definition) is 0. The highest BCUT2D eigenvalue weighted by Gasteiger charge is 2.42. The highest BCUT2D eigenvalue weighted by atomic mass is 16.6. The van der Waals surface area contributed by atoms with Gasteiger partial charge in [0.25, 0.3) is 0 Å². The molecular formula is C26H30O4. The van der Waals surface area contributed by atoms with E-state index in [2.05, 4.69) is 0 Å². The Bertz CT molecular complexity index is 763. The summed E-state index contributed by atoms with van der Waals surface area (Å²) in [6, 6.07) is 18.2. The van der Waals surface area contributed by atoms with Gasteiger partial charge in [0.05, 0.1) is 11.1 Å². The molecule has 0 aromatic heterocycles. The zero-order chi connectivity index (χ0) is 20.8. The van der Waals surface area contributed by atoms with Crippen LogP contribution in [0.5, 0.6) is 0 Å². The Morgan fingerprint density at radius 1 is 0.567 bits per heavy atom. The molecule has 4 atom stereocenters. The first-order valence-electron chi connectivity index (χ1n) is 11.2. The highest BCUT2D eigenvalue weighted by molar-refractivity contribution is 5.90. The van der Waals surface area contributed by atoms with Crippen molar-refractivity contribution in [2.45, 2.75) is 63.6 Å². The Morgan fingerprint density at radius 2 is 0.967 bits per heavy atom. The van der Waals surface area contributed by atoms with Gasteiger partial charge in [-0.05, 0) is 61.8 Å². The largest absolute Gasteiger partial charge is 0.455 e. The van der Waals surface area contributed by atoms with E-state index in [9.17, 15) is 9.59 Å². The van der Waals surface area contributed by atoms with Gasteiger partial charge in [0.2, 0.25) is 0 Å². The zero-order valence-corrected chi connectivity index (χ0v) is 17.4. The zero-order valence-electron chi connectivity index (χ0n) is 17.4. The lowest BCUT2D eigenvalue weighted by Crippen LogP contribution is -2.43. The van der Waals surface area contributed by atoms with Crippen molar-refractivity contribution in [1.82, 2.24) is 0 Å². The van der Waals surface area contributed by atoms with Crippen LogP contribution in [-0.2, 0) is 9.47 Å². The van der Waals surface area contributed by atoms with E-state index in [4.69, 9.17) is 9.47 Å². The van der Waals surface area contributed by atoms with Crippen molar-refractivity contribution in [3.05, 3.63) is 71.8 Å². The van der Waals surface area contributed by atoms with Crippen LogP contribution in [0.4, 0.5) is 0 Å². The molecule has 2 fully saturated rings. The Kier molecular flexibility index (Phi) is 6.83. The number of rotatable bonds is 4. The first kappa shape index (κ1) is 20.6. The van der Waals surface area contributed by atoms with Gasteiger partial charge in [0, 0.05) is 0 Å². The summed E-state index contributed by atoms with van der Waals surface area (Å²) in [7, 11) is 0. The number of fused-ring (bicyclic) bond motifs is 3. The molecule has 4 unspecified atom stereocenters. The topological polar surface area (TPSA) is 52.6 Å². The van der Waals surface area contributed by atoms with Crippen LogP contribution in [0.3, 0.4) is 0 Å². The molecule has 2 bridgehead atoms. The van der Waals surface area contributed by atoms with Gasteiger partial charge in [-0.1, -0.05) is 62.1 Å². The van der Waals surface area contributed by atoms with Crippen LogP contribution in [0.25, 0.3) is 0 Å². The summed E-state index contributed by atoms with van der Waals surface area (Å²) in [6.07, 6.45) is 7.82. The molecule has 30 heavy (non-hydrogen) atoms. The quantitative estimate of drug-likeness (QED) is 0.601. The number of ether oxygens (including phenoxy) is 2. The van der Waals surface area contributed by atoms with Crippen molar-refractivity contribution < 1.29 is 19.1 Å². The molecule has 2 aromatic carbocycles. The molecule has 4 nitrogen and oxygen atoms in total. The lowest BCUT2D eigenvalue weighted by atomic mass is 9.88. The summed E-state index contributed by atoms with van der Waals surface area (Å²) in [5.74, 6) is -0.193. The predicted molar refractivity (Wildman–Crippen MR) is 115 cm³/mol. The molecule has 0 N–H and O–H groups in total. The Morgan fingerprint density at radius 3 is 1.40 bits per heavy atom. The molecular weight excluding hydrogens is 376 g/mol. The SMILES string of the molecule is O=C(OC1C2CCCCCC(CCC2)C1OC(=O)c1ccccc1)c1ccccc1. The lowest BCUT2D eigenvalue weighted by Gasteiger charge is -2.34. The van der Waals surface area contributed by atoms with Crippen LogP contribution in [0.15, 0.2) is 60.7 Å². The monoisotopic (exact) mass is 406 g/mol. The van der Waals surface area contributed by atoms with Gasteiger partial charge in [-0.15, -0.1) is 0 Å². The van der Waals surface area contributed by atoms with E-state index < -0.39 is 12.2 Å². The first-order valence-corrected chi connectivity index (χ1v) is 11.2. The minimum atomic E-state index is -0.393. The average Bonchev–Trinajstić information content (AvgIpc) is 2.90. The second kappa shape index (κ2) is 9.92. The molecule has 2 aliphatic carbocycles. The molecule has 0 saturated heterocycles. The van der Waals surface area contributed by atoms with Crippen LogP contribution < -0.4 is 0 Å². The molecule has 2 aliphatic rings. The summed E-state index contributed by atoms with van der Waals surface area (Å²) in [6.45, 7) is 0. The molecule has 2 aromatic rings. The van der Waals surface area contributed by atoms with Gasteiger partial charge in [0.15, 0.2) is 0 Å². The Balaban J connectivity index is 1.62. The fourth-order valence-corrected chi connectivity index (χ4v) is 4.97. The smallest absolute Gasteiger partial charge is 0.338 e. The van der Waals surface area contributed by atoms with Crippen molar-refractivity contribution >= 4 is 11.9 Å². The van der Waals surface area contributed by atoms with Crippen LogP contribution in [0.1, 0.15) is 72.1 Å². The summed E-state index contributed by atoms with van der Waals surface area (Å²) in [5.41, 5.74) is 1.08. The molecule has 0 heterocycles. The second-order valence-electron chi connectivity index (χ2n) is 8.56. The van der Waals surface area contributed by atoms with Gasteiger partial charge in [-0.3, -0.25) is 0 Å². The van der Waals surface area contributed by atoms with Crippen LogP contribution in [0, 0.1) is 11.8 Å². The predicted octanol–water partition coefficient (Wildman–Crippen LogP) is 5.82. The standard InChI is InChI=1S/C26H30O4/c27-25(21-13-6-2-7-14-21)29-23-19-11-4-1-5-12-20(18-10-17-19)24(23)30-26(28)22-15-8-3-9-16-22/h2-3,6-9,13-16,19-20,23-24H,1,4-5,10-12,17-18H2. The van der Waals surface area contributed by atoms with E-state index in [1.807, 2.05) is 36.4 Å². The fraction of sp³-hybridized carbons (Fsp3) is 0.462. The van der Waals surface area contributed by atoms with Gasteiger partial charge in [-0.25, -0.2) is 9.59 Å². The summed E-state index contributed by atoms with van der Waals surface area (Å²) in [4.78, 5) is 25.8. The van der Waals surface area contributed by atoms with E-state index in [0.717, 1.165) is 44.9 Å². The van der Waals surface area contributed by atoms with E-state index >= 15 is 0 Å². The van der Waals surface area contributed by atoms with Gasteiger partial charge < -0.3 is 9.47 Å². The number of benzene rings is 2. The van der Waals surface area contributed by atoms with Crippen LogP contribution >= 0.6 is 0 Å². The number of carbonyl (C=O) groups is 2. The number of hydrogen-bond acceptors (Lipinski definition) is 4. The fourth-order valence-electron chi connectivity index (χ4n) is 4.97. The van der Waals surface area contributed by atoms with E-state index in [1.165, 1.54) is 6.42 Å². The second-order valence-corrected chi connectivity index (χ2v) is 8.56. The van der Waals surface area contributed by atoms with Gasteiger partial charge in [-0.2, -0.15) is 0 Å². The van der Waals surface area contributed by atoms with Crippen molar-refractivity contribution in [3.63, 3.8) is 0 Å². The minimum absolute atomic E-state index is 0.231. The third-order valence-electron chi connectivity index (χ3n) is 6.56. The van der Waals surface area contributed by atoms with Crippen molar-refractivity contribution in [1.29, 1.82) is 0 Å². The Hall–Kier alpha value is -2.62. The van der Waals surface area contributed by atoms with Crippen molar-refractivity contribution in [2.24, 2.45) is 11.8 Å². The maximum atomic E-state index is 12.9. The first-order chi connectivity index (χ1) is 14.7. The summed E-state index contributed by atoms with van der Waals surface area (Å²) < 4.78 is 12.2. The average molecular weight is 407 g/mol. The molecule has 0 amide bonds. The number of carbonyl (C=O) groups excluding carboxylic acids is 2. The number of esters is 2. The molecule has 4 rings (SSSR count). The molecule has 2 saturated carbocycles. The van der Waals surface area contributed by atoms with Crippen molar-refractivity contribution in [3.8, 4) is 0 Å². The maximum Gasteiger partial charge on any atom is 0.338 e. The lowest BCUT2D eigenvalue weighted by molar-refractivity contribution is -0.0723. The highest BCUT2D eigenvalue weighted by Crippen LogP contribution is 2.39. The van der Waals surface area contributed by atoms with Gasteiger partial charge >= 0.3 is 11.9 Å².